The van der Waals surface area contributed by atoms with Crippen molar-refractivity contribution in [2.24, 2.45) is 5.92 Å². The highest BCUT2D eigenvalue weighted by Gasteiger charge is 2.38. The molecule has 1 aliphatic heterocycles. The Kier molecular flexibility index (Phi) is 5.54. The van der Waals surface area contributed by atoms with Crippen LogP contribution >= 0.6 is 22.6 Å². The van der Waals surface area contributed by atoms with Crippen molar-refractivity contribution >= 4 is 36.7 Å². The summed E-state index contributed by atoms with van der Waals surface area (Å²) >= 11 is 1.97. The fourth-order valence-corrected chi connectivity index (χ4v) is 3.69. The predicted octanol–water partition coefficient (Wildman–Crippen LogP) is 4.67. The molecule has 2 rings (SSSR count). The Labute approximate surface area is 147 Å². The zero-order valence-electron chi connectivity index (χ0n) is 14.1. The third kappa shape index (κ3) is 4.20. The Hall–Kier alpha value is -0.213. The van der Waals surface area contributed by atoms with Gasteiger partial charge in [0, 0.05) is 25.6 Å². The van der Waals surface area contributed by atoms with Gasteiger partial charge < -0.3 is 9.33 Å². The molecule has 1 aromatic rings. The molecule has 0 radical (unpaired) electrons. The summed E-state index contributed by atoms with van der Waals surface area (Å²) in [6.07, 6.45) is 1.09. The second-order valence-electron chi connectivity index (χ2n) is 7.61. The molecule has 1 saturated heterocycles. The van der Waals surface area contributed by atoms with E-state index in [0.717, 1.165) is 31.9 Å². The summed E-state index contributed by atoms with van der Waals surface area (Å²) in [7, 11) is -1.69. The van der Waals surface area contributed by atoms with Crippen LogP contribution in [0.15, 0.2) is 12.1 Å². The van der Waals surface area contributed by atoms with Crippen molar-refractivity contribution in [3.05, 3.63) is 21.7 Å². The summed E-state index contributed by atoms with van der Waals surface area (Å²) in [6.45, 7) is 14.0. The molecule has 3 nitrogen and oxygen atoms in total. The number of pyridine rings is 1. The average Bonchev–Trinajstić information content (AvgIpc) is 2.87. The molecule has 1 fully saturated rings. The van der Waals surface area contributed by atoms with Crippen molar-refractivity contribution in [1.29, 1.82) is 0 Å². The summed E-state index contributed by atoms with van der Waals surface area (Å²) in [5.74, 6) is 0.880. The Morgan fingerprint density at radius 3 is 2.68 bits per heavy atom. The van der Waals surface area contributed by atoms with Gasteiger partial charge in [-0.3, -0.25) is 0 Å². The van der Waals surface area contributed by atoms with Gasteiger partial charge in [0.1, 0.15) is 5.82 Å². The first-order valence-corrected chi connectivity index (χ1v) is 11.8. The minimum absolute atomic E-state index is 0.242. The molecule has 0 spiro atoms. The molecule has 0 bridgehead atoms. The molecule has 0 amide bonds. The average molecular weight is 436 g/mol. The fourth-order valence-electron chi connectivity index (χ4n) is 2.30. The lowest BCUT2D eigenvalue weighted by molar-refractivity contribution is 0.238. The molecule has 0 saturated carbocycles. The molecule has 124 valence electrons. The van der Waals surface area contributed by atoms with Crippen LogP contribution in [0.5, 0.6) is 0 Å². The van der Waals surface area contributed by atoms with Crippen molar-refractivity contribution in [2.75, 3.05) is 24.6 Å². The summed E-state index contributed by atoms with van der Waals surface area (Å²) in [5, 5.41) is 0.242. The standard InChI is InChI=1S/C16H26FIN2OSi/c1-16(2,3)22(4,5)21-11-12-8-9-20(10-12)14-7-6-13(18)15(17)19-14/h6-7,12H,8-11H2,1-5H3/t12-/m1/s1. The van der Waals surface area contributed by atoms with Crippen LogP contribution in [-0.4, -0.2) is 33.0 Å². The molecule has 0 aromatic carbocycles. The van der Waals surface area contributed by atoms with Crippen molar-refractivity contribution < 1.29 is 8.82 Å². The topological polar surface area (TPSA) is 25.4 Å². The number of halogens is 2. The number of hydrogen-bond acceptors (Lipinski definition) is 3. The zero-order valence-corrected chi connectivity index (χ0v) is 17.3. The van der Waals surface area contributed by atoms with E-state index in [9.17, 15) is 4.39 Å². The van der Waals surface area contributed by atoms with E-state index in [1.165, 1.54) is 0 Å². The Bertz CT molecular complexity index is 533. The Morgan fingerprint density at radius 1 is 1.41 bits per heavy atom. The van der Waals surface area contributed by atoms with E-state index in [1.54, 1.807) is 6.07 Å². The first kappa shape index (κ1) is 18.1. The van der Waals surface area contributed by atoms with Gasteiger partial charge in [0.25, 0.3) is 0 Å². The number of anilines is 1. The van der Waals surface area contributed by atoms with Gasteiger partial charge in [-0.1, -0.05) is 20.8 Å². The predicted molar refractivity (Wildman–Crippen MR) is 100 cm³/mol. The van der Waals surface area contributed by atoms with Crippen LogP contribution in [0.2, 0.25) is 18.1 Å². The second kappa shape index (κ2) is 6.73. The number of hydrogen-bond donors (Lipinski definition) is 0. The van der Waals surface area contributed by atoms with Gasteiger partial charge in [0.15, 0.2) is 8.32 Å². The van der Waals surface area contributed by atoms with E-state index in [0.29, 0.717) is 9.49 Å². The van der Waals surface area contributed by atoms with Crippen molar-refractivity contribution in [3.63, 3.8) is 0 Å². The lowest BCUT2D eigenvalue weighted by atomic mass is 10.1. The first-order valence-electron chi connectivity index (χ1n) is 7.81. The van der Waals surface area contributed by atoms with Gasteiger partial charge in [-0.25, -0.2) is 4.98 Å². The molecule has 1 aromatic heterocycles. The van der Waals surface area contributed by atoms with Gasteiger partial charge in [-0.2, -0.15) is 4.39 Å². The van der Waals surface area contributed by atoms with Gasteiger partial charge in [0.05, 0.1) is 3.57 Å². The van der Waals surface area contributed by atoms with Gasteiger partial charge in [-0.05, 0) is 59.3 Å². The summed E-state index contributed by atoms with van der Waals surface area (Å²) in [4.78, 5) is 6.22. The fraction of sp³-hybridized carbons (Fsp3) is 0.688. The minimum atomic E-state index is -1.69. The minimum Gasteiger partial charge on any atom is -0.416 e. The molecule has 6 heteroatoms. The maximum Gasteiger partial charge on any atom is 0.228 e. The molecule has 0 N–H and O–H groups in total. The lowest BCUT2D eigenvalue weighted by Gasteiger charge is -2.37. The summed E-state index contributed by atoms with van der Waals surface area (Å²) < 4.78 is 20.5. The van der Waals surface area contributed by atoms with E-state index < -0.39 is 8.32 Å². The van der Waals surface area contributed by atoms with Gasteiger partial charge in [0.2, 0.25) is 5.95 Å². The molecule has 0 unspecified atom stereocenters. The van der Waals surface area contributed by atoms with Crippen molar-refractivity contribution in [2.45, 2.75) is 45.3 Å². The molecule has 2 heterocycles. The lowest BCUT2D eigenvalue weighted by Crippen LogP contribution is -2.42. The van der Waals surface area contributed by atoms with Crippen LogP contribution in [0.4, 0.5) is 10.2 Å². The maximum absolute atomic E-state index is 13.6. The molecule has 0 aliphatic carbocycles. The van der Waals surface area contributed by atoms with Gasteiger partial charge in [-0.15, -0.1) is 0 Å². The number of rotatable bonds is 4. The highest BCUT2D eigenvalue weighted by molar-refractivity contribution is 14.1. The van der Waals surface area contributed by atoms with Crippen molar-refractivity contribution in [3.8, 4) is 0 Å². The summed E-state index contributed by atoms with van der Waals surface area (Å²) in [5.41, 5.74) is 0. The Balaban J connectivity index is 1.92. The maximum atomic E-state index is 13.6. The highest BCUT2D eigenvalue weighted by atomic mass is 127. The second-order valence-corrected chi connectivity index (χ2v) is 13.6. The van der Waals surface area contributed by atoms with Crippen LogP contribution < -0.4 is 4.90 Å². The number of aromatic nitrogens is 1. The molecule has 22 heavy (non-hydrogen) atoms. The van der Waals surface area contributed by atoms with Crippen LogP contribution in [0.25, 0.3) is 0 Å². The highest BCUT2D eigenvalue weighted by Crippen LogP contribution is 2.37. The van der Waals surface area contributed by atoms with E-state index in [2.05, 4.69) is 43.7 Å². The molecule has 1 aliphatic rings. The van der Waals surface area contributed by atoms with Gasteiger partial charge >= 0.3 is 0 Å². The van der Waals surface area contributed by atoms with E-state index in [1.807, 2.05) is 28.7 Å². The first-order chi connectivity index (χ1) is 10.1. The van der Waals surface area contributed by atoms with Crippen LogP contribution in [0.3, 0.4) is 0 Å². The van der Waals surface area contributed by atoms with E-state index >= 15 is 0 Å². The van der Waals surface area contributed by atoms with Crippen LogP contribution in [0, 0.1) is 15.4 Å². The largest absolute Gasteiger partial charge is 0.416 e. The molecular weight excluding hydrogens is 410 g/mol. The Morgan fingerprint density at radius 2 is 2.09 bits per heavy atom. The molecule has 1 atom stereocenters. The SMILES string of the molecule is CC(C)(C)[Si](C)(C)OC[C@@H]1CCN(c2ccc(I)c(F)n2)C1. The zero-order chi connectivity index (χ0) is 16.5. The number of nitrogens with zero attached hydrogens (tertiary/aromatic N) is 2. The van der Waals surface area contributed by atoms with Crippen molar-refractivity contribution in [1.82, 2.24) is 4.98 Å². The third-order valence-corrected chi connectivity index (χ3v) is 10.2. The summed E-state index contributed by atoms with van der Waals surface area (Å²) in [6, 6.07) is 3.69. The van der Waals surface area contributed by atoms with E-state index in [-0.39, 0.29) is 11.0 Å². The van der Waals surface area contributed by atoms with E-state index in [4.69, 9.17) is 4.43 Å². The molecular formula is C16H26FIN2OSi. The van der Waals surface area contributed by atoms with Crippen LogP contribution in [0.1, 0.15) is 27.2 Å². The normalized spacial score (nSPS) is 19.8. The smallest absolute Gasteiger partial charge is 0.228 e. The van der Waals surface area contributed by atoms with Crippen LogP contribution in [-0.2, 0) is 4.43 Å². The monoisotopic (exact) mass is 436 g/mol. The third-order valence-electron chi connectivity index (χ3n) is 4.88. The quantitative estimate of drug-likeness (QED) is 0.390.